The summed E-state index contributed by atoms with van der Waals surface area (Å²) in [6, 6.07) is 78.9. The molecule has 6 aliphatic heterocycles. The van der Waals surface area contributed by atoms with Gasteiger partial charge in [-0.2, -0.15) is 0 Å². The van der Waals surface area contributed by atoms with Crippen LogP contribution in [0.1, 0.15) is 22.3 Å². The third-order valence-corrected chi connectivity index (χ3v) is 17.5. The van der Waals surface area contributed by atoms with Crippen LogP contribution < -0.4 is 82.8 Å². The van der Waals surface area contributed by atoms with E-state index in [0.717, 1.165) is 130 Å². The second kappa shape index (κ2) is 16.9. The van der Waals surface area contributed by atoms with Gasteiger partial charge in [0.25, 0.3) is 20.1 Å². The monoisotopic (exact) mass is 1030 g/mol. The maximum absolute atomic E-state index is 7.23. The van der Waals surface area contributed by atoms with Crippen molar-refractivity contribution in [3.05, 3.63) is 241 Å². The zero-order valence-corrected chi connectivity index (χ0v) is 44.5. The molecule has 0 spiro atoms. The molecule has 0 saturated carbocycles. The van der Waals surface area contributed by atoms with E-state index in [1.54, 1.807) is 0 Å². The van der Waals surface area contributed by atoms with E-state index in [1.807, 2.05) is 12.1 Å². The number of aryl methyl sites for hydroxylation is 4. The fourth-order valence-electron chi connectivity index (χ4n) is 14.3. The Labute approximate surface area is 466 Å². The van der Waals surface area contributed by atoms with Gasteiger partial charge in [-0.1, -0.05) is 133 Å². The van der Waals surface area contributed by atoms with E-state index in [2.05, 4.69) is 249 Å². The fourth-order valence-corrected chi connectivity index (χ4v) is 14.3. The molecule has 0 fully saturated rings. The Morgan fingerprint density at radius 1 is 0.275 bits per heavy atom. The Balaban J connectivity index is 1.03. The summed E-state index contributed by atoms with van der Waals surface area (Å²) < 4.78 is 27.9. The van der Waals surface area contributed by atoms with E-state index in [-0.39, 0.29) is 20.1 Å². The lowest BCUT2D eigenvalue weighted by molar-refractivity contribution is 0.464. The van der Waals surface area contributed by atoms with E-state index in [9.17, 15) is 0 Å². The van der Waals surface area contributed by atoms with Gasteiger partial charge in [0.05, 0.1) is 17.1 Å². The highest BCUT2D eigenvalue weighted by Crippen LogP contribution is 2.52. The average Bonchev–Trinajstić information content (AvgIpc) is 3.63. The maximum Gasteiger partial charge on any atom is 0.260 e. The largest absolute Gasteiger partial charge is 0.458 e. The number of rotatable bonds is 5. The second-order valence-corrected chi connectivity index (χ2v) is 22.1. The van der Waals surface area contributed by atoms with E-state index >= 15 is 0 Å². The molecule has 0 aliphatic carbocycles. The molecular formula is C70H48B3N3O4. The van der Waals surface area contributed by atoms with Gasteiger partial charge in [0.15, 0.2) is 0 Å². The smallest absolute Gasteiger partial charge is 0.260 e. The predicted molar refractivity (Wildman–Crippen MR) is 329 cm³/mol. The van der Waals surface area contributed by atoms with Crippen molar-refractivity contribution in [2.24, 2.45) is 0 Å². The molecule has 6 heterocycles. The molecule has 11 aromatic carbocycles. The number of nitrogens with zero attached hydrogens (tertiary/aromatic N) is 3. The molecule has 0 N–H and O–H groups in total. The summed E-state index contributed by atoms with van der Waals surface area (Å²) >= 11 is 0. The first-order valence-corrected chi connectivity index (χ1v) is 27.7. The molecule has 0 saturated heterocycles. The topological polar surface area (TPSA) is 46.6 Å². The summed E-state index contributed by atoms with van der Waals surface area (Å²) in [5.41, 5.74) is 24.6. The maximum atomic E-state index is 7.23. The summed E-state index contributed by atoms with van der Waals surface area (Å²) in [6.07, 6.45) is 0. The number of hydrogen-bond donors (Lipinski definition) is 0. The molecule has 0 aromatic heterocycles. The average molecular weight is 1030 g/mol. The van der Waals surface area contributed by atoms with Crippen molar-refractivity contribution < 1.29 is 18.9 Å². The summed E-state index contributed by atoms with van der Waals surface area (Å²) in [5.74, 6) is 6.65. The van der Waals surface area contributed by atoms with Crippen LogP contribution in [-0.4, -0.2) is 20.1 Å². The van der Waals surface area contributed by atoms with E-state index in [4.69, 9.17) is 18.9 Å². The molecule has 80 heavy (non-hydrogen) atoms. The van der Waals surface area contributed by atoms with Crippen LogP contribution in [0.2, 0.25) is 0 Å². The lowest BCUT2D eigenvalue weighted by Gasteiger charge is -2.47. The highest BCUT2D eigenvalue weighted by Gasteiger charge is 2.50. The van der Waals surface area contributed by atoms with Gasteiger partial charge in [0.2, 0.25) is 0 Å². The standard InChI is InChI=1S/C70H48B3N3O4/c1-41-19-15-20-42(2)69(41)75-54-39-64-52(71-48-27-11-13-29-58(48)77-60-31-17-33-62(79-64)67(60)71)37-50(54)73-51-38-53-65(80-63-34-18-32-61-68(63)72(53)49-28-12-14-30-59(49)78-61)40-55(51)76(70-43(3)21-16-22-44(70)4)57-36-47(35-56(75)66(57)73)74(45-23-7-5-8-24-45)46-25-9-6-10-26-46/h5-40H,1-4H3. The van der Waals surface area contributed by atoms with Crippen molar-refractivity contribution in [3.8, 4) is 46.0 Å². The second-order valence-electron chi connectivity index (χ2n) is 22.1. The summed E-state index contributed by atoms with van der Waals surface area (Å²) in [5, 5.41) is 0. The van der Waals surface area contributed by atoms with Crippen LogP contribution in [-0.2, 0) is 0 Å². The zero-order valence-electron chi connectivity index (χ0n) is 44.5. The molecule has 0 unspecified atom stereocenters. The number of hydrogen-bond acceptors (Lipinski definition) is 7. The minimum Gasteiger partial charge on any atom is -0.458 e. The number of fused-ring (bicyclic) bond motifs is 12. The SMILES string of the molecule is Cc1cccc(C)c1N1c2cc3c(cc2B2c4cc5c(cc4N(c4c(C)cccc4C)c4cc(N(c6ccccc6)c6ccccc6)cc1c42)Oc1cccc2c1B5c1ccccc1O2)B1c2ccccc2Oc2cccc(c21)O3. The number of anilines is 9. The van der Waals surface area contributed by atoms with Crippen LogP contribution in [0, 0.1) is 27.7 Å². The molecule has 7 nitrogen and oxygen atoms in total. The van der Waals surface area contributed by atoms with Gasteiger partial charge in [-0.25, -0.2) is 0 Å². The van der Waals surface area contributed by atoms with E-state index in [0.29, 0.717) is 0 Å². The fraction of sp³-hybridized carbons (Fsp3) is 0.0571. The number of ether oxygens (including phenoxy) is 4. The van der Waals surface area contributed by atoms with Crippen LogP contribution >= 0.6 is 0 Å². The Morgan fingerprint density at radius 2 is 0.625 bits per heavy atom. The van der Waals surface area contributed by atoms with Crippen LogP contribution in [0.4, 0.5) is 51.2 Å². The first-order chi connectivity index (χ1) is 39.3. The van der Waals surface area contributed by atoms with Gasteiger partial charge in [-0.05, 0) is 161 Å². The molecule has 10 heteroatoms. The number of para-hydroxylation sites is 6. The molecular weight excluding hydrogens is 979 g/mol. The molecule has 0 amide bonds. The molecule has 6 aliphatic rings. The molecule has 11 aromatic rings. The minimum atomic E-state index is -0.267. The van der Waals surface area contributed by atoms with Crippen molar-refractivity contribution in [1.82, 2.24) is 0 Å². The van der Waals surface area contributed by atoms with Crippen molar-refractivity contribution >= 4 is 120 Å². The van der Waals surface area contributed by atoms with Gasteiger partial charge in [-0.3, -0.25) is 0 Å². The van der Waals surface area contributed by atoms with Crippen molar-refractivity contribution in [1.29, 1.82) is 0 Å². The van der Waals surface area contributed by atoms with Gasteiger partial charge in [-0.15, -0.1) is 0 Å². The van der Waals surface area contributed by atoms with Crippen LogP contribution in [0.5, 0.6) is 46.0 Å². The Kier molecular flexibility index (Phi) is 9.54. The van der Waals surface area contributed by atoms with Crippen LogP contribution in [0.3, 0.4) is 0 Å². The van der Waals surface area contributed by atoms with E-state index < -0.39 is 0 Å². The summed E-state index contributed by atoms with van der Waals surface area (Å²) in [4.78, 5) is 7.53. The first kappa shape index (κ1) is 45.3. The van der Waals surface area contributed by atoms with Crippen LogP contribution in [0.15, 0.2) is 218 Å². The Hall–Kier alpha value is -9.79. The quantitative estimate of drug-likeness (QED) is 0.159. The summed E-state index contributed by atoms with van der Waals surface area (Å²) in [7, 11) is 0. The van der Waals surface area contributed by atoms with Crippen LogP contribution in [0.25, 0.3) is 0 Å². The van der Waals surface area contributed by atoms with Crippen molar-refractivity contribution in [3.63, 3.8) is 0 Å². The van der Waals surface area contributed by atoms with Crippen molar-refractivity contribution in [2.75, 3.05) is 14.7 Å². The predicted octanol–water partition coefficient (Wildman–Crippen LogP) is 11.9. The minimum absolute atomic E-state index is 0.137. The molecule has 0 atom stereocenters. The Bertz CT molecular complexity index is 4170. The zero-order chi connectivity index (χ0) is 53.1. The molecule has 376 valence electrons. The molecule has 0 bridgehead atoms. The molecule has 0 radical (unpaired) electrons. The highest BCUT2D eigenvalue weighted by atomic mass is 16.5. The first-order valence-electron chi connectivity index (χ1n) is 27.7. The Morgan fingerprint density at radius 3 is 1.05 bits per heavy atom. The van der Waals surface area contributed by atoms with Gasteiger partial charge in [0, 0.05) is 57.2 Å². The number of benzene rings is 11. The normalized spacial score (nSPS) is 13.8. The van der Waals surface area contributed by atoms with Crippen molar-refractivity contribution in [2.45, 2.75) is 27.7 Å². The third-order valence-electron chi connectivity index (χ3n) is 17.5. The lowest BCUT2D eigenvalue weighted by Crippen LogP contribution is -2.65. The van der Waals surface area contributed by atoms with Gasteiger partial charge >= 0.3 is 0 Å². The van der Waals surface area contributed by atoms with E-state index in [1.165, 1.54) is 38.6 Å². The summed E-state index contributed by atoms with van der Waals surface area (Å²) in [6.45, 7) is 8.45. The third kappa shape index (κ3) is 6.35. The lowest BCUT2D eigenvalue weighted by atomic mass is 9.29. The van der Waals surface area contributed by atoms with Gasteiger partial charge in [0.1, 0.15) is 46.0 Å². The molecule has 17 rings (SSSR count). The highest BCUT2D eigenvalue weighted by molar-refractivity contribution is 7.03. The van der Waals surface area contributed by atoms with Gasteiger partial charge < -0.3 is 33.6 Å².